The molecule has 0 aromatic rings. The van der Waals surface area contributed by atoms with Crippen LogP contribution in [0.2, 0.25) is 0 Å². The van der Waals surface area contributed by atoms with Crippen LogP contribution in [0.15, 0.2) is 0 Å². The molecule has 2 saturated carbocycles. The van der Waals surface area contributed by atoms with E-state index in [1.165, 1.54) is 38.5 Å². The zero-order valence-electron chi connectivity index (χ0n) is 8.05. The van der Waals surface area contributed by atoms with Crippen LogP contribution in [0.1, 0.15) is 51.9 Å². The molecule has 0 heterocycles. The lowest BCUT2D eigenvalue weighted by Crippen LogP contribution is -2.44. The summed E-state index contributed by atoms with van der Waals surface area (Å²) in [6.07, 6.45) is 9.03. The number of hydrogen-bond donors (Lipinski definition) is 1. The van der Waals surface area contributed by atoms with Crippen molar-refractivity contribution in [1.29, 1.82) is 0 Å². The molecular formula is C11H20O. The fraction of sp³-hybridized carbons (Fsp3) is 1.00. The van der Waals surface area contributed by atoms with Crippen LogP contribution < -0.4 is 0 Å². The van der Waals surface area contributed by atoms with E-state index in [-0.39, 0.29) is 11.5 Å². The predicted octanol–water partition coefficient (Wildman–Crippen LogP) is 2.73. The second-order valence-electron chi connectivity index (χ2n) is 4.90. The number of aliphatic hydroxyl groups is 1. The monoisotopic (exact) mass is 168 g/mol. The van der Waals surface area contributed by atoms with E-state index in [9.17, 15) is 5.11 Å². The fourth-order valence-electron chi connectivity index (χ4n) is 3.23. The summed E-state index contributed by atoms with van der Waals surface area (Å²) >= 11 is 0. The third-order valence-corrected chi connectivity index (χ3v) is 4.24. The third-order valence-electron chi connectivity index (χ3n) is 4.24. The molecule has 0 aliphatic heterocycles. The van der Waals surface area contributed by atoms with Crippen LogP contribution in [-0.4, -0.2) is 11.2 Å². The van der Waals surface area contributed by atoms with E-state index in [1.807, 2.05) is 0 Å². The Bertz CT molecular complexity index is 164. The average molecular weight is 168 g/mol. The maximum atomic E-state index is 9.96. The SMILES string of the molecule is C[C@@]12CCCC[C@H]1CCC[C@H]2O. The second-order valence-corrected chi connectivity index (χ2v) is 4.90. The highest BCUT2D eigenvalue weighted by Gasteiger charge is 2.43. The molecule has 2 fully saturated rings. The molecule has 3 atom stereocenters. The van der Waals surface area contributed by atoms with Crippen molar-refractivity contribution in [2.45, 2.75) is 58.0 Å². The van der Waals surface area contributed by atoms with Crippen molar-refractivity contribution in [2.24, 2.45) is 11.3 Å². The van der Waals surface area contributed by atoms with Crippen LogP contribution in [0, 0.1) is 11.3 Å². The molecule has 2 aliphatic rings. The summed E-state index contributed by atoms with van der Waals surface area (Å²) in [7, 11) is 0. The average Bonchev–Trinajstić information content (AvgIpc) is 2.07. The highest BCUT2D eigenvalue weighted by atomic mass is 16.3. The van der Waals surface area contributed by atoms with Gasteiger partial charge in [-0.15, -0.1) is 0 Å². The van der Waals surface area contributed by atoms with Crippen molar-refractivity contribution < 1.29 is 5.11 Å². The molecule has 2 rings (SSSR count). The molecule has 1 N–H and O–H groups in total. The lowest BCUT2D eigenvalue weighted by Gasteiger charge is -2.48. The second kappa shape index (κ2) is 3.02. The van der Waals surface area contributed by atoms with E-state index in [4.69, 9.17) is 0 Å². The third kappa shape index (κ3) is 1.19. The van der Waals surface area contributed by atoms with Gasteiger partial charge in [-0.3, -0.25) is 0 Å². The number of rotatable bonds is 0. The maximum Gasteiger partial charge on any atom is 0.0596 e. The van der Waals surface area contributed by atoms with Crippen molar-refractivity contribution in [3.05, 3.63) is 0 Å². The largest absolute Gasteiger partial charge is 0.393 e. The molecule has 0 bridgehead atoms. The first-order valence-electron chi connectivity index (χ1n) is 5.41. The van der Waals surface area contributed by atoms with Crippen LogP contribution in [0.3, 0.4) is 0 Å². The van der Waals surface area contributed by atoms with E-state index in [0.29, 0.717) is 0 Å². The zero-order valence-corrected chi connectivity index (χ0v) is 8.05. The maximum absolute atomic E-state index is 9.96. The topological polar surface area (TPSA) is 20.2 Å². The smallest absolute Gasteiger partial charge is 0.0596 e. The van der Waals surface area contributed by atoms with Gasteiger partial charge in [0.15, 0.2) is 0 Å². The Morgan fingerprint density at radius 1 is 1.08 bits per heavy atom. The molecule has 0 amide bonds. The first-order chi connectivity index (χ1) is 5.73. The molecule has 1 nitrogen and oxygen atoms in total. The van der Waals surface area contributed by atoms with Gasteiger partial charge in [0.1, 0.15) is 0 Å². The quantitative estimate of drug-likeness (QED) is 0.589. The Balaban J connectivity index is 2.14. The lowest BCUT2D eigenvalue weighted by molar-refractivity contribution is -0.0651. The van der Waals surface area contributed by atoms with E-state index < -0.39 is 0 Å². The summed E-state index contributed by atoms with van der Waals surface area (Å²) in [4.78, 5) is 0. The first kappa shape index (κ1) is 8.55. The number of fused-ring (bicyclic) bond motifs is 1. The van der Waals surface area contributed by atoms with E-state index in [2.05, 4.69) is 6.92 Å². The standard InChI is InChI=1S/C11H20O/c1-11-8-3-2-5-9(11)6-4-7-10(11)12/h9-10,12H,2-8H2,1H3/t9-,10+,11+/m0/s1. The lowest BCUT2D eigenvalue weighted by atomic mass is 9.59. The Labute approximate surface area is 75.2 Å². The summed E-state index contributed by atoms with van der Waals surface area (Å²) in [6, 6.07) is 0. The molecule has 2 aliphatic carbocycles. The molecule has 0 spiro atoms. The van der Waals surface area contributed by atoms with Crippen molar-refractivity contribution in [3.8, 4) is 0 Å². The molecule has 12 heavy (non-hydrogen) atoms. The minimum Gasteiger partial charge on any atom is -0.393 e. The molecule has 70 valence electrons. The summed E-state index contributed by atoms with van der Waals surface area (Å²) in [6.45, 7) is 2.31. The van der Waals surface area contributed by atoms with Crippen molar-refractivity contribution in [2.75, 3.05) is 0 Å². The normalized spacial score (nSPS) is 48.5. The minimum absolute atomic E-state index is 0.00319. The van der Waals surface area contributed by atoms with Crippen molar-refractivity contribution in [1.82, 2.24) is 0 Å². The van der Waals surface area contributed by atoms with Gasteiger partial charge in [-0.25, -0.2) is 0 Å². The fourth-order valence-corrected chi connectivity index (χ4v) is 3.23. The Hall–Kier alpha value is -0.0400. The van der Waals surface area contributed by atoms with Gasteiger partial charge in [0.05, 0.1) is 6.10 Å². The van der Waals surface area contributed by atoms with Gasteiger partial charge in [-0.05, 0) is 37.0 Å². The highest BCUT2D eigenvalue weighted by Crippen LogP contribution is 2.49. The van der Waals surface area contributed by atoms with E-state index in [0.717, 1.165) is 12.3 Å². The summed E-state index contributed by atoms with van der Waals surface area (Å²) in [5.74, 6) is 0.829. The Morgan fingerprint density at radius 2 is 1.83 bits per heavy atom. The minimum atomic E-state index is -0.00319. The molecule has 0 unspecified atom stereocenters. The van der Waals surface area contributed by atoms with Crippen LogP contribution >= 0.6 is 0 Å². The summed E-state index contributed by atoms with van der Waals surface area (Å²) in [5.41, 5.74) is 0.288. The van der Waals surface area contributed by atoms with Gasteiger partial charge < -0.3 is 5.11 Å². The first-order valence-corrected chi connectivity index (χ1v) is 5.41. The molecule has 0 aromatic carbocycles. The molecule has 0 saturated heterocycles. The molecular weight excluding hydrogens is 148 g/mol. The summed E-state index contributed by atoms with van der Waals surface area (Å²) < 4.78 is 0. The van der Waals surface area contributed by atoms with Crippen molar-refractivity contribution in [3.63, 3.8) is 0 Å². The molecule has 0 radical (unpaired) electrons. The number of aliphatic hydroxyl groups excluding tert-OH is 1. The summed E-state index contributed by atoms with van der Waals surface area (Å²) in [5, 5.41) is 9.96. The van der Waals surface area contributed by atoms with Gasteiger partial charge >= 0.3 is 0 Å². The molecule has 0 aromatic heterocycles. The Kier molecular flexibility index (Phi) is 2.16. The van der Waals surface area contributed by atoms with Gasteiger partial charge in [0, 0.05) is 0 Å². The van der Waals surface area contributed by atoms with Gasteiger partial charge in [0.25, 0.3) is 0 Å². The van der Waals surface area contributed by atoms with Crippen molar-refractivity contribution >= 4 is 0 Å². The van der Waals surface area contributed by atoms with Gasteiger partial charge in [-0.2, -0.15) is 0 Å². The zero-order chi connectivity index (χ0) is 8.60. The molecule has 1 heteroatoms. The van der Waals surface area contributed by atoms with Crippen LogP contribution in [0.4, 0.5) is 0 Å². The predicted molar refractivity (Wildman–Crippen MR) is 49.9 cm³/mol. The van der Waals surface area contributed by atoms with Gasteiger partial charge in [-0.1, -0.05) is 26.2 Å². The van der Waals surface area contributed by atoms with E-state index >= 15 is 0 Å². The Morgan fingerprint density at radius 3 is 2.58 bits per heavy atom. The van der Waals surface area contributed by atoms with Crippen LogP contribution in [-0.2, 0) is 0 Å². The van der Waals surface area contributed by atoms with E-state index in [1.54, 1.807) is 0 Å². The van der Waals surface area contributed by atoms with Gasteiger partial charge in [0.2, 0.25) is 0 Å². The van der Waals surface area contributed by atoms with Crippen LogP contribution in [0.25, 0.3) is 0 Å². The van der Waals surface area contributed by atoms with Crippen LogP contribution in [0.5, 0.6) is 0 Å². The highest BCUT2D eigenvalue weighted by molar-refractivity contribution is 4.94. The number of hydrogen-bond acceptors (Lipinski definition) is 1.